The Morgan fingerprint density at radius 3 is 1.46 bits per heavy atom. The van der Waals surface area contributed by atoms with E-state index >= 15 is 0 Å². The van der Waals surface area contributed by atoms with Crippen LogP contribution in [0.15, 0.2) is 48.5 Å². The lowest BCUT2D eigenvalue weighted by molar-refractivity contribution is 0.263. The van der Waals surface area contributed by atoms with Gasteiger partial charge in [0.2, 0.25) is 11.6 Å². The second-order valence-electron chi connectivity index (χ2n) is 9.73. The van der Waals surface area contributed by atoms with Crippen molar-refractivity contribution in [2.24, 2.45) is 0 Å². The molecule has 3 rings (SSSR count). The standard InChI is InChI=1S/C35H36F4O2/c1-3-5-7-8-9-11-25-41-35-33(38)31(36)30(32(37)34(35)39)23-20-27-15-12-26(13-16-27)14-17-28-18-21-29(22-19-28)40-24-10-6-4-2/h12-13,15-16,18-19,21-22H,3-11,24-25H2,1-2H3. The molecule has 0 N–H and O–H groups in total. The molecule has 0 saturated heterocycles. The summed E-state index contributed by atoms with van der Waals surface area (Å²) in [7, 11) is 0. The molecule has 0 unspecified atom stereocenters. The maximum atomic E-state index is 14.6. The first-order valence-corrected chi connectivity index (χ1v) is 14.3. The zero-order valence-corrected chi connectivity index (χ0v) is 23.7. The predicted octanol–water partition coefficient (Wildman–Crippen LogP) is 9.35. The molecule has 0 radical (unpaired) electrons. The van der Waals surface area contributed by atoms with Crippen molar-refractivity contribution in [3.63, 3.8) is 0 Å². The number of halogens is 4. The second kappa shape index (κ2) is 17.0. The molecular weight excluding hydrogens is 528 g/mol. The van der Waals surface area contributed by atoms with Crippen LogP contribution in [-0.4, -0.2) is 13.2 Å². The lowest BCUT2D eigenvalue weighted by Gasteiger charge is -2.11. The van der Waals surface area contributed by atoms with Crippen LogP contribution in [0.3, 0.4) is 0 Å². The number of benzene rings is 3. The molecular formula is C35H36F4O2. The minimum absolute atomic E-state index is 0.0298. The summed E-state index contributed by atoms with van der Waals surface area (Å²) in [6.07, 6.45) is 8.91. The summed E-state index contributed by atoms with van der Waals surface area (Å²) in [5, 5.41) is 0. The Kier molecular flexibility index (Phi) is 13.1. The van der Waals surface area contributed by atoms with Gasteiger partial charge in [0.25, 0.3) is 0 Å². The van der Waals surface area contributed by atoms with Gasteiger partial charge in [0.05, 0.1) is 13.2 Å². The summed E-state index contributed by atoms with van der Waals surface area (Å²) in [4.78, 5) is 0. The van der Waals surface area contributed by atoms with Crippen LogP contribution in [0.5, 0.6) is 11.5 Å². The third-order valence-corrected chi connectivity index (χ3v) is 6.41. The monoisotopic (exact) mass is 564 g/mol. The summed E-state index contributed by atoms with van der Waals surface area (Å²) >= 11 is 0. The van der Waals surface area contributed by atoms with Gasteiger partial charge in [-0.2, -0.15) is 8.78 Å². The highest BCUT2D eigenvalue weighted by Gasteiger charge is 2.26. The smallest absolute Gasteiger partial charge is 0.205 e. The van der Waals surface area contributed by atoms with Gasteiger partial charge in [-0.05, 0) is 61.4 Å². The average molecular weight is 565 g/mol. The van der Waals surface area contributed by atoms with Gasteiger partial charge in [0.15, 0.2) is 17.4 Å². The fraction of sp³-hybridized carbons (Fsp3) is 0.371. The zero-order chi connectivity index (χ0) is 29.5. The highest BCUT2D eigenvalue weighted by molar-refractivity contribution is 5.50. The van der Waals surface area contributed by atoms with E-state index in [9.17, 15) is 17.6 Å². The fourth-order valence-electron chi connectivity index (χ4n) is 4.00. The molecule has 3 aromatic rings. The van der Waals surface area contributed by atoms with E-state index in [4.69, 9.17) is 9.47 Å². The van der Waals surface area contributed by atoms with Crippen LogP contribution in [0, 0.1) is 47.0 Å². The van der Waals surface area contributed by atoms with E-state index in [2.05, 4.69) is 37.5 Å². The molecule has 0 aliphatic heterocycles. The van der Waals surface area contributed by atoms with Crippen molar-refractivity contribution in [1.82, 2.24) is 0 Å². The van der Waals surface area contributed by atoms with Crippen molar-refractivity contribution in [2.45, 2.75) is 71.6 Å². The van der Waals surface area contributed by atoms with Crippen molar-refractivity contribution in [2.75, 3.05) is 13.2 Å². The number of rotatable bonds is 13. The number of ether oxygens (including phenoxy) is 2. The van der Waals surface area contributed by atoms with Gasteiger partial charge in [-0.1, -0.05) is 82.5 Å². The predicted molar refractivity (Wildman–Crippen MR) is 155 cm³/mol. The third-order valence-electron chi connectivity index (χ3n) is 6.41. The van der Waals surface area contributed by atoms with Gasteiger partial charge in [-0.15, -0.1) is 0 Å². The molecule has 0 aliphatic rings. The molecule has 0 amide bonds. The van der Waals surface area contributed by atoms with Crippen molar-refractivity contribution < 1.29 is 27.0 Å². The van der Waals surface area contributed by atoms with E-state index in [-0.39, 0.29) is 6.61 Å². The van der Waals surface area contributed by atoms with E-state index < -0.39 is 34.6 Å². The van der Waals surface area contributed by atoms with Crippen LogP contribution in [0.2, 0.25) is 0 Å². The van der Waals surface area contributed by atoms with Gasteiger partial charge in [-0.25, -0.2) is 8.78 Å². The molecule has 0 atom stereocenters. The minimum atomic E-state index is -1.58. The normalized spacial score (nSPS) is 10.4. The van der Waals surface area contributed by atoms with Crippen molar-refractivity contribution in [3.05, 3.63) is 94.1 Å². The van der Waals surface area contributed by atoms with Gasteiger partial charge >= 0.3 is 0 Å². The third kappa shape index (κ3) is 9.90. The molecule has 0 heterocycles. The molecule has 2 nitrogen and oxygen atoms in total. The molecule has 3 aromatic carbocycles. The van der Waals surface area contributed by atoms with E-state index in [0.29, 0.717) is 24.2 Å². The Labute approximate surface area is 241 Å². The van der Waals surface area contributed by atoms with E-state index in [1.54, 1.807) is 24.3 Å². The van der Waals surface area contributed by atoms with Gasteiger partial charge < -0.3 is 9.47 Å². The molecule has 0 spiro atoms. The number of unbranched alkanes of at least 4 members (excludes halogenated alkanes) is 7. The second-order valence-corrected chi connectivity index (χ2v) is 9.73. The molecule has 0 bridgehead atoms. The molecule has 6 heteroatoms. The summed E-state index contributed by atoms with van der Waals surface area (Å²) in [5.41, 5.74) is 0.956. The van der Waals surface area contributed by atoms with Crippen molar-refractivity contribution >= 4 is 0 Å². The van der Waals surface area contributed by atoms with Gasteiger partial charge in [-0.3, -0.25) is 0 Å². The highest BCUT2D eigenvalue weighted by atomic mass is 19.2. The molecule has 41 heavy (non-hydrogen) atoms. The Morgan fingerprint density at radius 2 is 0.902 bits per heavy atom. The molecule has 216 valence electrons. The first-order chi connectivity index (χ1) is 19.9. The zero-order valence-electron chi connectivity index (χ0n) is 23.7. The highest BCUT2D eigenvalue weighted by Crippen LogP contribution is 2.30. The van der Waals surface area contributed by atoms with Crippen molar-refractivity contribution in [1.29, 1.82) is 0 Å². The largest absolute Gasteiger partial charge is 0.494 e. The minimum Gasteiger partial charge on any atom is -0.494 e. The molecule has 0 aliphatic carbocycles. The van der Waals surface area contributed by atoms with Crippen LogP contribution in [0.4, 0.5) is 17.6 Å². The Balaban J connectivity index is 1.61. The lowest BCUT2D eigenvalue weighted by atomic mass is 10.1. The molecule has 0 fully saturated rings. The maximum Gasteiger partial charge on any atom is 0.205 e. The Bertz CT molecular complexity index is 1350. The Hall–Kier alpha value is -3.90. The number of hydrogen-bond acceptors (Lipinski definition) is 2. The first-order valence-electron chi connectivity index (χ1n) is 14.3. The van der Waals surface area contributed by atoms with Crippen LogP contribution >= 0.6 is 0 Å². The summed E-state index contributed by atoms with van der Waals surface area (Å²) in [6, 6.07) is 14.2. The number of hydrogen-bond donors (Lipinski definition) is 0. The van der Waals surface area contributed by atoms with E-state index in [0.717, 1.165) is 62.7 Å². The maximum absolute atomic E-state index is 14.6. The quantitative estimate of drug-likeness (QED) is 0.0891. The van der Waals surface area contributed by atoms with Gasteiger partial charge in [0, 0.05) is 16.7 Å². The van der Waals surface area contributed by atoms with E-state index in [1.165, 1.54) is 0 Å². The molecule has 0 aromatic heterocycles. The summed E-state index contributed by atoms with van der Waals surface area (Å²) in [5.74, 6) is 4.34. The van der Waals surface area contributed by atoms with Crippen LogP contribution in [-0.2, 0) is 0 Å². The molecule has 0 saturated carbocycles. The SMILES string of the molecule is CCCCCCCCOc1c(F)c(F)c(C#Cc2ccc(C#Cc3ccc(OCCCCC)cc3)cc2)c(F)c1F. The fourth-order valence-corrected chi connectivity index (χ4v) is 4.00. The average Bonchev–Trinajstić information content (AvgIpc) is 2.99. The summed E-state index contributed by atoms with van der Waals surface area (Å²) in [6.45, 7) is 4.91. The van der Waals surface area contributed by atoms with Crippen LogP contribution in [0.1, 0.15) is 93.9 Å². The topological polar surface area (TPSA) is 18.5 Å². The van der Waals surface area contributed by atoms with Crippen LogP contribution in [0.25, 0.3) is 0 Å². The summed E-state index contributed by atoms with van der Waals surface area (Å²) < 4.78 is 68.9. The lowest BCUT2D eigenvalue weighted by Crippen LogP contribution is -2.08. The van der Waals surface area contributed by atoms with Crippen molar-refractivity contribution in [3.8, 4) is 35.2 Å². The van der Waals surface area contributed by atoms with Gasteiger partial charge in [0.1, 0.15) is 11.3 Å². The van der Waals surface area contributed by atoms with Crippen LogP contribution < -0.4 is 9.47 Å². The van der Waals surface area contributed by atoms with E-state index in [1.807, 2.05) is 24.3 Å². The first kappa shape index (κ1) is 31.6. The Morgan fingerprint density at radius 1 is 0.488 bits per heavy atom.